The van der Waals surface area contributed by atoms with E-state index in [1.165, 1.54) is 0 Å². The summed E-state index contributed by atoms with van der Waals surface area (Å²) in [5, 5.41) is 17.9. The molecule has 0 aliphatic heterocycles. The Balaban J connectivity index is 2.30. The molecule has 0 fully saturated rings. The van der Waals surface area contributed by atoms with Crippen molar-refractivity contribution in [1.29, 1.82) is 0 Å². The summed E-state index contributed by atoms with van der Waals surface area (Å²) < 4.78 is 2.14. The lowest BCUT2D eigenvalue weighted by atomic mass is 10.2. The van der Waals surface area contributed by atoms with Gasteiger partial charge in [0.25, 0.3) is 0 Å². The number of hydrogen-bond donors (Lipinski definition) is 3. The van der Waals surface area contributed by atoms with Crippen molar-refractivity contribution in [2.45, 2.75) is 32.2 Å². The van der Waals surface area contributed by atoms with Gasteiger partial charge in [-0.1, -0.05) is 0 Å². The van der Waals surface area contributed by atoms with Gasteiger partial charge in [-0.3, -0.25) is 0 Å². The zero-order valence-electron chi connectivity index (χ0n) is 11.0. The van der Waals surface area contributed by atoms with Gasteiger partial charge in [0.05, 0.1) is 11.0 Å². The zero-order chi connectivity index (χ0) is 13.7. The molecule has 0 amide bonds. The second-order valence-corrected chi connectivity index (χ2v) is 4.69. The van der Waals surface area contributed by atoms with E-state index < -0.39 is 0 Å². The van der Waals surface area contributed by atoms with Gasteiger partial charge >= 0.3 is 0 Å². The average molecular weight is 263 g/mol. The summed E-state index contributed by atoms with van der Waals surface area (Å²) >= 11 is 0. The van der Waals surface area contributed by atoms with Crippen LogP contribution in [0.2, 0.25) is 0 Å². The number of imidazole rings is 1. The lowest BCUT2D eigenvalue weighted by Crippen LogP contribution is -2.06. The first kappa shape index (κ1) is 13.8. The monoisotopic (exact) mass is 263 g/mol. The fourth-order valence-corrected chi connectivity index (χ4v) is 2.26. The van der Waals surface area contributed by atoms with Crippen molar-refractivity contribution >= 4 is 16.7 Å². The first-order valence-electron chi connectivity index (χ1n) is 6.72. The number of rotatable bonds is 7. The molecule has 0 saturated heterocycles. The van der Waals surface area contributed by atoms with Crippen LogP contribution in [0.5, 0.6) is 0 Å². The standard InChI is InChI=1S/C14H21N3O2/c15-11-5-6-13-12(10-11)16-14(4-1-2-8-18)17(13)7-3-9-19/h5-6,10,18-19H,1-4,7-9,15H2. The predicted molar refractivity (Wildman–Crippen MR) is 75.9 cm³/mol. The van der Waals surface area contributed by atoms with Gasteiger partial charge in [0.2, 0.25) is 0 Å². The number of aryl methyl sites for hydroxylation is 2. The summed E-state index contributed by atoms with van der Waals surface area (Å²) in [5.41, 5.74) is 8.45. The molecule has 104 valence electrons. The molecule has 4 N–H and O–H groups in total. The molecule has 5 nitrogen and oxygen atoms in total. The van der Waals surface area contributed by atoms with Crippen LogP contribution in [0.1, 0.15) is 25.1 Å². The van der Waals surface area contributed by atoms with E-state index in [1.54, 1.807) is 0 Å². The summed E-state index contributed by atoms with van der Waals surface area (Å²) in [6.45, 7) is 1.14. The van der Waals surface area contributed by atoms with Crippen molar-refractivity contribution in [1.82, 2.24) is 9.55 Å². The summed E-state index contributed by atoms with van der Waals surface area (Å²) in [6.07, 6.45) is 3.24. The highest BCUT2D eigenvalue weighted by molar-refractivity contribution is 5.79. The molecule has 1 aromatic carbocycles. The fraction of sp³-hybridized carbons (Fsp3) is 0.500. The van der Waals surface area contributed by atoms with Crippen LogP contribution < -0.4 is 5.73 Å². The van der Waals surface area contributed by atoms with Gasteiger partial charge in [0, 0.05) is 31.9 Å². The van der Waals surface area contributed by atoms with E-state index in [0.29, 0.717) is 12.1 Å². The fourth-order valence-electron chi connectivity index (χ4n) is 2.26. The molecule has 2 aromatic rings. The number of unbranched alkanes of at least 4 members (excludes halogenated alkanes) is 1. The Kier molecular flexibility index (Phi) is 4.76. The predicted octanol–water partition coefficient (Wildman–Crippen LogP) is 1.32. The molecule has 0 bridgehead atoms. The first-order valence-corrected chi connectivity index (χ1v) is 6.72. The third-order valence-corrected chi connectivity index (χ3v) is 3.20. The van der Waals surface area contributed by atoms with Crippen LogP contribution in [0, 0.1) is 0 Å². The maximum absolute atomic E-state index is 9.00. The smallest absolute Gasteiger partial charge is 0.109 e. The number of nitrogen functional groups attached to an aromatic ring is 1. The average Bonchev–Trinajstić information content (AvgIpc) is 2.73. The Hall–Kier alpha value is -1.59. The molecule has 1 heterocycles. The molecule has 0 aliphatic carbocycles. The molecular formula is C14H21N3O2. The molecule has 1 aromatic heterocycles. The maximum Gasteiger partial charge on any atom is 0.109 e. The lowest BCUT2D eigenvalue weighted by molar-refractivity contribution is 0.278. The van der Waals surface area contributed by atoms with E-state index in [-0.39, 0.29) is 13.2 Å². The normalized spacial score (nSPS) is 11.3. The molecule has 0 radical (unpaired) electrons. The van der Waals surface area contributed by atoms with E-state index in [0.717, 1.165) is 42.7 Å². The Morgan fingerprint density at radius 3 is 2.63 bits per heavy atom. The summed E-state index contributed by atoms with van der Waals surface area (Å²) in [5.74, 6) is 1.00. The van der Waals surface area contributed by atoms with Crippen LogP contribution in [0.3, 0.4) is 0 Å². The summed E-state index contributed by atoms with van der Waals surface area (Å²) in [7, 11) is 0. The highest BCUT2D eigenvalue weighted by atomic mass is 16.3. The van der Waals surface area contributed by atoms with Crippen LogP contribution in [-0.2, 0) is 13.0 Å². The first-order chi connectivity index (χ1) is 9.26. The number of nitrogens with two attached hydrogens (primary N) is 1. The minimum atomic E-state index is 0.171. The highest BCUT2D eigenvalue weighted by Crippen LogP contribution is 2.20. The molecular weight excluding hydrogens is 242 g/mol. The van der Waals surface area contributed by atoms with Gasteiger partial charge in [0.15, 0.2) is 0 Å². The second-order valence-electron chi connectivity index (χ2n) is 4.69. The Morgan fingerprint density at radius 1 is 1.11 bits per heavy atom. The van der Waals surface area contributed by atoms with Crippen molar-refractivity contribution in [2.75, 3.05) is 18.9 Å². The quantitative estimate of drug-likeness (QED) is 0.519. The van der Waals surface area contributed by atoms with Crippen LogP contribution in [0.4, 0.5) is 5.69 Å². The Morgan fingerprint density at radius 2 is 1.89 bits per heavy atom. The number of nitrogens with zero attached hydrogens (tertiary/aromatic N) is 2. The van der Waals surface area contributed by atoms with Crippen molar-refractivity contribution in [3.05, 3.63) is 24.0 Å². The second kappa shape index (κ2) is 6.54. The van der Waals surface area contributed by atoms with Crippen LogP contribution >= 0.6 is 0 Å². The summed E-state index contributed by atoms with van der Waals surface area (Å²) in [4.78, 5) is 4.62. The van der Waals surface area contributed by atoms with Crippen molar-refractivity contribution in [3.63, 3.8) is 0 Å². The minimum Gasteiger partial charge on any atom is -0.399 e. The van der Waals surface area contributed by atoms with Crippen molar-refractivity contribution < 1.29 is 10.2 Å². The van der Waals surface area contributed by atoms with Gasteiger partial charge in [-0.05, 0) is 37.5 Å². The van der Waals surface area contributed by atoms with Gasteiger partial charge < -0.3 is 20.5 Å². The number of aliphatic hydroxyl groups excluding tert-OH is 2. The number of hydrogen-bond acceptors (Lipinski definition) is 4. The molecule has 0 saturated carbocycles. The van der Waals surface area contributed by atoms with Gasteiger partial charge in [-0.2, -0.15) is 0 Å². The Bertz CT molecular complexity index is 537. The van der Waals surface area contributed by atoms with Gasteiger partial charge in [0.1, 0.15) is 5.82 Å². The van der Waals surface area contributed by atoms with E-state index in [4.69, 9.17) is 15.9 Å². The van der Waals surface area contributed by atoms with E-state index in [1.807, 2.05) is 18.2 Å². The zero-order valence-corrected chi connectivity index (χ0v) is 11.0. The third-order valence-electron chi connectivity index (χ3n) is 3.20. The lowest BCUT2D eigenvalue weighted by Gasteiger charge is -2.08. The van der Waals surface area contributed by atoms with E-state index in [2.05, 4.69) is 9.55 Å². The number of aliphatic hydroxyl groups is 2. The van der Waals surface area contributed by atoms with Crippen LogP contribution in [-0.4, -0.2) is 33.0 Å². The molecule has 5 heteroatoms. The maximum atomic E-state index is 9.00. The number of anilines is 1. The van der Waals surface area contributed by atoms with Gasteiger partial charge in [-0.15, -0.1) is 0 Å². The molecule has 0 spiro atoms. The molecule has 0 aliphatic rings. The third kappa shape index (κ3) is 3.24. The van der Waals surface area contributed by atoms with Crippen LogP contribution in [0.15, 0.2) is 18.2 Å². The Labute approximate surface area is 112 Å². The minimum absolute atomic E-state index is 0.171. The number of aromatic nitrogens is 2. The molecule has 2 rings (SSSR count). The summed E-state index contributed by atoms with van der Waals surface area (Å²) in [6, 6.07) is 5.72. The van der Waals surface area contributed by atoms with E-state index in [9.17, 15) is 0 Å². The van der Waals surface area contributed by atoms with Crippen LogP contribution in [0.25, 0.3) is 11.0 Å². The molecule has 0 atom stereocenters. The van der Waals surface area contributed by atoms with Gasteiger partial charge in [-0.25, -0.2) is 4.98 Å². The SMILES string of the molecule is Nc1ccc2c(c1)nc(CCCCO)n2CCCO. The number of benzene rings is 1. The molecule has 0 unspecified atom stereocenters. The highest BCUT2D eigenvalue weighted by Gasteiger charge is 2.10. The van der Waals surface area contributed by atoms with Crippen molar-refractivity contribution in [2.24, 2.45) is 0 Å². The van der Waals surface area contributed by atoms with E-state index >= 15 is 0 Å². The topological polar surface area (TPSA) is 84.3 Å². The number of fused-ring (bicyclic) bond motifs is 1. The van der Waals surface area contributed by atoms with Crippen molar-refractivity contribution in [3.8, 4) is 0 Å². The molecule has 19 heavy (non-hydrogen) atoms. The largest absolute Gasteiger partial charge is 0.399 e.